The number of aldehydes is 1. The number of aromatic nitrogens is 2. The van der Waals surface area contributed by atoms with Crippen LogP contribution >= 0.6 is 58.0 Å². The van der Waals surface area contributed by atoms with Gasteiger partial charge in [-0.3, -0.25) is 19.2 Å². The van der Waals surface area contributed by atoms with Gasteiger partial charge in [0.25, 0.3) is 17.7 Å². The molecule has 1 saturated heterocycles. The fraction of sp³-hybridized carbons (Fsp3) is 0.171. The highest BCUT2D eigenvalue weighted by atomic mass is 35.5. The Morgan fingerprint density at radius 3 is 2.18 bits per heavy atom. The Morgan fingerprint density at radius 1 is 0.909 bits per heavy atom. The number of imide groups is 1. The number of rotatable bonds is 7. The summed E-state index contributed by atoms with van der Waals surface area (Å²) in [5.74, 6) is -7.30. The molecule has 1 fully saturated rings. The Hall–Kier alpha value is -4.51. The Kier molecular flexibility index (Phi) is 10.2. The molecule has 0 radical (unpaired) electrons. The maximum absolute atomic E-state index is 14.6. The Labute approximate surface area is 330 Å². The predicted octanol–water partition coefficient (Wildman–Crippen LogP) is 11.0. The first-order valence-corrected chi connectivity index (χ1v) is 17.6. The Balaban J connectivity index is 1.53. The normalized spacial score (nSPS) is 15.8. The van der Waals surface area contributed by atoms with E-state index >= 15 is 0 Å². The largest absolute Gasteiger partial charge is 0.453 e. The van der Waals surface area contributed by atoms with E-state index in [-0.39, 0.29) is 44.2 Å². The van der Waals surface area contributed by atoms with Crippen LogP contribution in [0.25, 0.3) is 10.9 Å². The molecule has 10 nitrogen and oxygen atoms in total. The number of anilines is 2. The zero-order valence-electron chi connectivity index (χ0n) is 27.1. The van der Waals surface area contributed by atoms with Gasteiger partial charge in [0.15, 0.2) is 24.1 Å². The maximum Gasteiger partial charge on any atom is 0.416 e. The Morgan fingerprint density at radius 2 is 1.58 bits per heavy atom. The number of hydrogen-bond acceptors (Lipinski definition) is 7. The van der Waals surface area contributed by atoms with Gasteiger partial charge in [-0.05, 0) is 55.7 Å². The monoisotopic (exact) mass is 860 g/mol. The van der Waals surface area contributed by atoms with Crippen LogP contribution in [0.4, 0.5) is 33.5 Å². The van der Waals surface area contributed by atoms with E-state index in [2.05, 4.69) is 10.4 Å². The molecule has 1 N–H and O–H groups in total. The van der Waals surface area contributed by atoms with E-state index in [0.717, 1.165) is 24.3 Å². The number of alkyl halides is 3. The molecule has 20 heteroatoms. The molecule has 0 spiro atoms. The van der Waals surface area contributed by atoms with Crippen molar-refractivity contribution in [3.8, 4) is 11.5 Å². The number of carbonyl (C=O) groups is 4. The van der Waals surface area contributed by atoms with Crippen molar-refractivity contribution in [2.24, 2.45) is 0 Å². The zero-order valence-corrected chi connectivity index (χ0v) is 30.9. The lowest BCUT2D eigenvalue weighted by Gasteiger charge is -2.24. The fourth-order valence-electron chi connectivity index (χ4n) is 6.19. The van der Waals surface area contributed by atoms with E-state index in [1.54, 1.807) is 0 Å². The number of fused-ring (bicyclic) bond motifs is 2. The molecule has 284 valence electrons. The molecular weight excluding hydrogens is 845 g/mol. The third-order valence-corrected chi connectivity index (χ3v) is 10.8. The van der Waals surface area contributed by atoms with Crippen LogP contribution < -0.4 is 15.0 Å². The molecule has 55 heavy (non-hydrogen) atoms. The van der Waals surface area contributed by atoms with Gasteiger partial charge in [0.05, 0.1) is 58.4 Å². The van der Waals surface area contributed by atoms with Crippen LogP contribution in [0.15, 0.2) is 42.5 Å². The summed E-state index contributed by atoms with van der Waals surface area (Å²) in [6.07, 6.45) is -4.02. The average molecular weight is 863 g/mol. The minimum Gasteiger partial charge on any atom is -0.453 e. The first kappa shape index (κ1) is 38.8. The highest BCUT2D eigenvalue weighted by molar-refractivity contribution is 6.56. The standard InChI is InChI=1S/C35H18Cl5F5N4O6/c36-18-5-4-16(41)11-20(18)55-30-19(46-32(51)13-7-15(35(43,44)45)10-17(42)8-13)9-14(12-50)29-24(30)31(47-49(29)21-3-1-2-6-54-21)48-33(52)22-23(34(48)53)26(38)28(40)27(39)25(22)37/h4-5,7-12,21H,1-3,6H2,(H,46,51). The summed E-state index contributed by atoms with van der Waals surface area (Å²) < 4.78 is 83.0. The topological polar surface area (TPSA) is 120 Å². The van der Waals surface area contributed by atoms with Crippen LogP contribution in [0.5, 0.6) is 11.5 Å². The molecule has 1 atom stereocenters. The minimum absolute atomic E-state index is 0.132. The van der Waals surface area contributed by atoms with E-state index in [9.17, 15) is 41.1 Å². The van der Waals surface area contributed by atoms with Gasteiger partial charge >= 0.3 is 6.18 Å². The van der Waals surface area contributed by atoms with Gasteiger partial charge in [0.1, 0.15) is 17.4 Å². The molecule has 2 aliphatic rings. The van der Waals surface area contributed by atoms with Crippen molar-refractivity contribution in [3.05, 3.63) is 107 Å². The van der Waals surface area contributed by atoms with Crippen molar-refractivity contribution in [3.63, 3.8) is 0 Å². The summed E-state index contributed by atoms with van der Waals surface area (Å²) in [5, 5.41) is 4.77. The molecule has 7 rings (SSSR count). The maximum atomic E-state index is 14.6. The van der Waals surface area contributed by atoms with Gasteiger partial charge in [0.2, 0.25) is 0 Å². The first-order chi connectivity index (χ1) is 26.0. The number of halogens is 10. The Bertz CT molecular complexity index is 2460. The third kappa shape index (κ3) is 6.76. The summed E-state index contributed by atoms with van der Waals surface area (Å²) >= 11 is 31.6. The van der Waals surface area contributed by atoms with Gasteiger partial charge in [-0.1, -0.05) is 58.0 Å². The van der Waals surface area contributed by atoms with Crippen LogP contribution in [0.2, 0.25) is 25.1 Å². The third-order valence-electron chi connectivity index (χ3n) is 8.65. The molecule has 3 amide bonds. The molecule has 3 heterocycles. The zero-order chi connectivity index (χ0) is 39.7. The molecular formula is C35H18Cl5F5N4O6. The SMILES string of the molecule is O=Cc1cc(NC(=O)c2cc(F)cc(C(F)(F)F)c2)c(Oc2cc(F)ccc2Cl)c2c(N3C(=O)c4c(Cl)c(Cl)c(Cl)c(Cl)c4C3=O)nn(C3CCCCO3)c12. The van der Waals surface area contributed by atoms with Crippen molar-refractivity contribution in [1.82, 2.24) is 9.78 Å². The van der Waals surface area contributed by atoms with Gasteiger partial charge in [-0.15, -0.1) is 0 Å². The summed E-state index contributed by atoms with van der Waals surface area (Å²) in [7, 11) is 0. The first-order valence-electron chi connectivity index (χ1n) is 15.7. The molecule has 2 aliphatic heterocycles. The summed E-state index contributed by atoms with van der Waals surface area (Å²) in [6.45, 7) is 0.247. The van der Waals surface area contributed by atoms with Crippen LogP contribution in [-0.2, 0) is 10.9 Å². The van der Waals surface area contributed by atoms with E-state index < -0.39 is 97.1 Å². The second kappa shape index (κ2) is 14.5. The molecule has 0 aliphatic carbocycles. The van der Waals surface area contributed by atoms with Gasteiger partial charge < -0.3 is 14.8 Å². The number of hydrogen-bond donors (Lipinski definition) is 1. The highest BCUT2D eigenvalue weighted by Crippen LogP contribution is 2.50. The van der Waals surface area contributed by atoms with Gasteiger partial charge in [-0.2, -0.15) is 18.3 Å². The van der Waals surface area contributed by atoms with Crippen LogP contribution in [0, 0.1) is 11.6 Å². The molecule has 4 aromatic carbocycles. The average Bonchev–Trinajstić information content (AvgIpc) is 3.66. The summed E-state index contributed by atoms with van der Waals surface area (Å²) in [4.78, 5) is 55.4. The van der Waals surface area contributed by atoms with Crippen molar-refractivity contribution >= 4 is 104 Å². The second-order valence-corrected chi connectivity index (χ2v) is 14.0. The number of nitrogens with zero attached hydrogens (tertiary/aromatic N) is 3. The highest BCUT2D eigenvalue weighted by Gasteiger charge is 2.46. The van der Waals surface area contributed by atoms with Crippen LogP contribution in [0.1, 0.15) is 72.5 Å². The molecule has 1 unspecified atom stereocenters. The number of carbonyl (C=O) groups excluding carboxylic acids is 4. The molecule has 5 aromatic rings. The van der Waals surface area contributed by atoms with Crippen molar-refractivity contribution in [2.75, 3.05) is 16.8 Å². The van der Waals surface area contributed by atoms with E-state index in [1.165, 1.54) is 4.68 Å². The van der Waals surface area contributed by atoms with Crippen molar-refractivity contribution in [2.45, 2.75) is 31.7 Å². The van der Waals surface area contributed by atoms with Crippen molar-refractivity contribution in [1.29, 1.82) is 0 Å². The van der Waals surface area contributed by atoms with E-state index in [4.69, 9.17) is 67.5 Å². The summed E-state index contributed by atoms with van der Waals surface area (Å²) in [5.41, 5.74) is -4.10. The van der Waals surface area contributed by atoms with E-state index in [0.29, 0.717) is 42.6 Å². The second-order valence-electron chi connectivity index (χ2n) is 12.1. The van der Waals surface area contributed by atoms with Crippen molar-refractivity contribution < 1.29 is 50.6 Å². The molecule has 1 aromatic heterocycles. The number of nitrogens with one attached hydrogen (secondary N) is 1. The minimum atomic E-state index is -5.04. The predicted molar refractivity (Wildman–Crippen MR) is 192 cm³/mol. The quantitative estimate of drug-likeness (QED) is 0.0569. The molecule has 0 bridgehead atoms. The summed E-state index contributed by atoms with van der Waals surface area (Å²) in [6, 6.07) is 5.10. The fourth-order valence-corrected chi connectivity index (χ4v) is 7.36. The lowest BCUT2D eigenvalue weighted by atomic mass is 10.1. The van der Waals surface area contributed by atoms with Gasteiger partial charge in [-0.25, -0.2) is 18.4 Å². The lowest BCUT2D eigenvalue weighted by Crippen LogP contribution is -2.30. The van der Waals surface area contributed by atoms with Crippen LogP contribution in [-0.4, -0.2) is 40.4 Å². The van der Waals surface area contributed by atoms with Crippen LogP contribution in [0.3, 0.4) is 0 Å². The smallest absolute Gasteiger partial charge is 0.416 e. The number of benzene rings is 4. The number of ether oxygens (including phenoxy) is 2. The molecule has 0 saturated carbocycles. The number of amides is 3. The van der Waals surface area contributed by atoms with E-state index in [1.807, 2.05) is 0 Å². The lowest BCUT2D eigenvalue weighted by molar-refractivity contribution is -0.137. The van der Waals surface area contributed by atoms with Gasteiger partial charge in [0, 0.05) is 23.8 Å².